The summed E-state index contributed by atoms with van der Waals surface area (Å²) in [7, 11) is -3.53. The van der Waals surface area contributed by atoms with E-state index >= 15 is 0 Å². The molecule has 1 aliphatic heterocycles. The molecule has 1 aliphatic rings. The summed E-state index contributed by atoms with van der Waals surface area (Å²) in [5.74, 6) is -0.983. The van der Waals surface area contributed by atoms with E-state index in [0.29, 0.717) is 18.0 Å². The van der Waals surface area contributed by atoms with Crippen LogP contribution in [-0.2, 0) is 19.6 Å². The fraction of sp³-hybridized carbons (Fsp3) is 0.562. The number of carboxylic acids is 1. The summed E-state index contributed by atoms with van der Waals surface area (Å²) in [4.78, 5) is 10.8. The maximum Gasteiger partial charge on any atom is 0.329 e. The van der Waals surface area contributed by atoms with Crippen molar-refractivity contribution in [3.05, 3.63) is 29.3 Å². The first kappa shape index (κ1) is 17.9. The van der Waals surface area contributed by atoms with Crippen molar-refractivity contribution in [3.8, 4) is 0 Å². The van der Waals surface area contributed by atoms with E-state index in [0.717, 1.165) is 24.0 Å². The third-order valence-electron chi connectivity index (χ3n) is 4.02. The standard InChI is InChI=1S/C16H23NO5S/c1-12-5-6-13(2)15(8-12)23(20,21)17-7-3-4-14(9-17)10-22-11-16(18)19/h5-6,8,14H,3-4,7,9-11H2,1-2H3,(H,18,19). The van der Waals surface area contributed by atoms with Crippen LogP contribution in [0.1, 0.15) is 24.0 Å². The maximum atomic E-state index is 12.9. The first-order valence-corrected chi connectivity index (χ1v) is 9.11. The van der Waals surface area contributed by atoms with Gasteiger partial charge in [0.15, 0.2) is 0 Å². The molecule has 0 radical (unpaired) electrons. The van der Waals surface area contributed by atoms with Gasteiger partial charge in [-0.15, -0.1) is 0 Å². The lowest BCUT2D eigenvalue weighted by atomic mass is 10.0. The Balaban J connectivity index is 2.10. The molecule has 1 aromatic rings. The van der Waals surface area contributed by atoms with Gasteiger partial charge in [-0.1, -0.05) is 12.1 Å². The molecule has 0 aliphatic carbocycles. The van der Waals surface area contributed by atoms with Crippen LogP contribution >= 0.6 is 0 Å². The Morgan fingerprint density at radius 2 is 2.13 bits per heavy atom. The highest BCUT2D eigenvalue weighted by Crippen LogP contribution is 2.26. The number of benzene rings is 1. The van der Waals surface area contributed by atoms with Crippen LogP contribution < -0.4 is 0 Å². The molecule has 0 saturated carbocycles. The zero-order valence-electron chi connectivity index (χ0n) is 13.5. The Morgan fingerprint density at radius 3 is 2.83 bits per heavy atom. The molecule has 7 heteroatoms. The van der Waals surface area contributed by atoms with E-state index in [4.69, 9.17) is 9.84 Å². The number of rotatable bonds is 6. The molecular weight excluding hydrogens is 318 g/mol. The van der Waals surface area contributed by atoms with E-state index in [9.17, 15) is 13.2 Å². The van der Waals surface area contributed by atoms with Crippen molar-refractivity contribution < 1.29 is 23.1 Å². The molecule has 1 atom stereocenters. The van der Waals surface area contributed by atoms with Crippen LogP contribution in [0.2, 0.25) is 0 Å². The minimum Gasteiger partial charge on any atom is -0.480 e. The number of carbonyl (C=O) groups is 1. The summed E-state index contributed by atoms with van der Waals surface area (Å²) < 4.78 is 32.4. The van der Waals surface area contributed by atoms with Gasteiger partial charge in [0.05, 0.1) is 11.5 Å². The van der Waals surface area contributed by atoms with Gasteiger partial charge < -0.3 is 9.84 Å². The first-order valence-electron chi connectivity index (χ1n) is 7.67. The number of hydrogen-bond acceptors (Lipinski definition) is 4. The van der Waals surface area contributed by atoms with Crippen LogP contribution in [-0.4, -0.2) is 50.1 Å². The highest BCUT2D eigenvalue weighted by atomic mass is 32.2. The number of aliphatic carboxylic acids is 1. The molecule has 1 fully saturated rings. The number of nitrogens with zero attached hydrogens (tertiary/aromatic N) is 1. The molecule has 0 bridgehead atoms. The van der Waals surface area contributed by atoms with Gasteiger partial charge in [0.25, 0.3) is 0 Å². The van der Waals surface area contributed by atoms with Crippen LogP contribution in [0.5, 0.6) is 0 Å². The van der Waals surface area contributed by atoms with Crippen LogP contribution in [0.4, 0.5) is 0 Å². The average molecular weight is 341 g/mol. The Bertz CT molecular complexity index is 671. The second-order valence-electron chi connectivity index (χ2n) is 6.05. The van der Waals surface area contributed by atoms with E-state index in [1.54, 1.807) is 13.0 Å². The second-order valence-corrected chi connectivity index (χ2v) is 7.96. The predicted octanol–water partition coefficient (Wildman–Crippen LogP) is 1.81. The lowest BCUT2D eigenvalue weighted by Gasteiger charge is -2.32. The van der Waals surface area contributed by atoms with E-state index in [-0.39, 0.29) is 19.1 Å². The van der Waals surface area contributed by atoms with Crippen molar-refractivity contribution in [2.45, 2.75) is 31.6 Å². The molecule has 0 aromatic heterocycles. The zero-order chi connectivity index (χ0) is 17.0. The number of aryl methyl sites for hydroxylation is 2. The summed E-state index contributed by atoms with van der Waals surface area (Å²) in [5.41, 5.74) is 1.65. The van der Waals surface area contributed by atoms with Crippen LogP contribution in [0, 0.1) is 19.8 Å². The van der Waals surface area contributed by atoms with Gasteiger partial charge in [0, 0.05) is 13.1 Å². The normalized spacial score (nSPS) is 19.7. The first-order chi connectivity index (χ1) is 10.8. The van der Waals surface area contributed by atoms with Crippen molar-refractivity contribution in [1.29, 1.82) is 0 Å². The second kappa shape index (κ2) is 7.42. The number of carboxylic acid groups (broad SMARTS) is 1. The molecule has 1 N–H and O–H groups in total. The summed E-state index contributed by atoms with van der Waals surface area (Å²) in [6.07, 6.45) is 1.60. The van der Waals surface area contributed by atoms with Crippen LogP contribution in [0.3, 0.4) is 0 Å². The molecule has 2 rings (SSSR count). The molecule has 1 saturated heterocycles. The summed E-state index contributed by atoms with van der Waals surface area (Å²) in [5, 5.41) is 8.60. The smallest absolute Gasteiger partial charge is 0.329 e. The monoisotopic (exact) mass is 341 g/mol. The van der Waals surface area contributed by atoms with Gasteiger partial charge >= 0.3 is 5.97 Å². The Morgan fingerprint density at radius 1 is 1.39 bits per heavy atom. The maximum absolute atomic E-state index is 12.9. The van der Waals surface area contributed by atoms with E-state index in [1.165, 1.54) is 4.31 Å². The fourth-order valence-electron chi connectivity index (χ4n) is 2.82. The van der Waals surface area contributed by atoms with Gasteiger partial charge in [-0.25, -0.2) is 13.2 Å². The van der Waals surface area contributed by atoms with E-state index in [1.807, 2.05) is 19.1 Å². The topological polar surface area (TPSA) is 83.9 Å². The van der Waals surface area contributed by atoms with Gasteiger partial charge in [0.1, 0.15) is 6.61 Å². The Kier molecular flexibility index (Phi) is 5.78. The average Bonchev–Trinajstić information content (AvgIpc) is 2.49. The van der Waals surface area contributed by atoms with Crippen molar-refractivity contribution in [3.63, 3.8) is 0 Å². The minimum atomic E-state index is -3.53. The molecule has 6 nitrogen and oxygen atoms in total. The van der Waals surface area contributed by atoms with Crippen molar-refractivity contribution in [2.75, 3.05) is 26.3 Å². The largest absolute Gasteiger partial charge is 0.480 e. The van der Waals surface area contributed by atoms with Crippen LogP contribution in [0.25, 0.3) is 0 Å². The van der Waals surface area contributed by atoms with Gasteiger partial charge in [-0.3, -0.25) is 0 Å². The summed E-state index contributed by atoms with van der Waals surface area (Å²) in [6.45, 7) is 4.45. The predicted molar refractivity (Wildman–Crippen MR) is 85.9 cm³/mol. The van der Waals surface area contributed by atoms with Crippen LogP contribution in [0.15, 0.2) is 23.1 Å². The molecule has 1 aromatic carbocycles. The SMILES string of the molecule is Cc1ccc(C)c(S(=O)(=O)N2CCCC(COCC(=O)O)C2)c1. The Labute approximate surface area is 137 Å². The van der Waals surface area contributed by atoms with Gasteiger partial charge in [-0.2, -0.15) is 4.31 Å². The molecule has 0 amide bonds. The molecule has 128 valence electrons. The number of ether oxygens (including phenoxy) is 1. The molecule has 0 spiro atoms. The van der Waals surface area contributed by atoms with Gasteiger partial charge in [-0.05, 0) is 49.8 Å². The highest BCUT2D eigenvalue weighted by molar-refractivity contribution is 7.89. The number of sulfonamides is 1. The Hall–Kier alpha value is -1.44. The van der Waals surface area contributed by atoms with Crippen molar-refractivity contribution in [2.24, 2.45) is 5.92 Å². The van der Waals surface area contributed by atoms with Crippen molar-refractivity contribution in [1.82, 2.24) is 4.31 Å². The zero-order valence-corrected chi connectivity index (χ0v) is 14.3. The third kappa shape index (κ3) is 4.53. The fourth-order valence-corrected chi connectivity index (χ4v) is 4.68. The molecule has 23 heavy (non-hydrogen) atoms. The van der Waals surface area contributed by atoms with Gasteiger partial charge in [0.2, 0.25) is 10.0 Å². The third-order valence-corrected chi connectivity index (χ3v) is 6.03. The lowest BCUT2D eigenvalue weighted by molar-refractivity contribution is -0.142. The summed E-state index contributed by atoms with van der Waals surface area (Å²) in [6, 6.07) is 5.42. The van der Waals surface area contributed by atoms with E-state index in [2.05, 4.69) is 0 Å². The number of piperidine rings is 1. The van der Waals surface area contributed by atoms with Crippen molar-refractivity contribution >= 4 is 16.0 Å². The molecule has 1 heterocycles. The minimum absolute atomic E-state index is 0.0305. The quantitative estimate of drug-likeness (QED) is 0.853. The molecular formula is C16H23NO5S. The summed E-state index contributed by atoms with van der Waals surface area (Å²) >= 11 is 0. The molecule has 1 unspecified atom stereocenters. The lowest BCUT2D eigenvalue weighted by Crippen LogP contribution is -2.41. The highest BCUT2D eigenvalue weighted by Gasteiger charge is 2.31. The number of hydrogen-bond donors (Lipinski definition) is 1. The van der Waals surface area contributed by atoms with E-state index < -0.39 is 16.0 Å².